The fourth-order valence-corrected chi connectivity index (χ4v) is 2.52. The molecule has 1 aromatic carbocycles. The highest BCUT2D eigenvalue weighted by Gasteiger charge is 2.04. The summed E-state index contributed by atoms with van der Waals surface area (Å²) in [6.45, 7) is 5.74. The fraction of sp³-hybridized carbons (Fsp3) is 0.533. The summed E-state index contributed by atoms with van der Waals surface area (Å²) < 4.78 is 25.1. The highest BCUT2D eigenvalue weighted by atomic mass is 127. The summed E-state index contributed by atoms with van der Waals surface area (Å²) in [5.41, 5.74) is 1.19. The number of guanidine groups is 1. The van der Waals surface area contributed by atoms with Gasteiger partial charge in [-0.3, -0.25) is 4.99 Å². The average molecular weight is 489 g/mol. The topological polar surface area (TPSA) is 82.6 Å². The van der Waals surface area contributed by atoms with Crippen LogP contribution in [0.15, 0.2) is 29.3 Å². The molecule has 0 spiro atoms. The number of halogens is 2. The van der Waals surface area contributed by atoms with Crippen molar-refractivity contribution in [2.24, 2.45) is 4.99 Å². The molecular formula is C15H26ClIN4O2S. The van der Waals surface area contributed by atoms with Gasteiger partial charge in [0.05, 0.1) is 12.3 Å². The van der Waals surface area contributed by atoms with Crippen LogP contribution in [0.4, 0.5) is 0 Å². The van der Waals surface area contributed by atoms with Crippen molar-refractivity contribution >= 4 is 51.6 Å². The summed E-state index contributed by atoms with van der Waals surface area (Å²) >= 11 is 5.86. The van der Waals surface area contributed by atoms with Crippen LogP contribution in [-0.2, 0) is 16.4 Å². The predicted octanol–water partition coefficient (Wildman–Crippen LogP) is 1.99. The van der Waals surface area contributed by atoms with E-state index in [1.54, 1.807) is 6.92 Å². The molecule has 3 N–H and O–H groups in total. The minimum absolute atomic E-state index is 0. The molecule has 24 heavy (non-hydrogen) atoms. The molecule has 1 rings (SSSR count). The molecule has 0 bridgehead atoms. The lowest BCUT2D eigenvalue weighted by Gasteiger charge is -2.11. The first kappa shape index (κ1) is 23.4. The Morgan fingerprint density at radius 3 is 2.38 bits per heavy atom. The molecule has 0 saturated carbocycles. The third-order valence-corrected chi connectivity index (χ3v) is 4.70. The first-order valence-electron chi connectivity index (χ1n) is 7.70. The molecule has 0 amide bonds. The Labute approximate surface area is 166 Å². The second-order valence-electron chi connectivity index (χ2n) is 4.86. The Hall–Kier alpha value is -0.580. The van der Waals surface area contributed by atoms with Gasteiger partial charge in [0.2, 0.25) is 10.0 Å². The van der Waals surface area contributed by atoms with Crippen LogP contribution in [0.1, 0.15) is 19.4 Å². The number of hydrogen-bond acceptors (Lipinski definition) is 3. The molecule has 0 fully saturated rings. The van der Waals surface area contributed by atoms with E-state index in [1.165, 1.54) is 5.56 Å². The zero-order valence-electron chi connectivity index (χ0n) is 14.0. The normalized spacial score (nSPS) is 11.7. The average Bonchev–Trinajstić information content (AvgIpc) is 2.53. The molecule has 0 heterocycles. The third-order valence-electron chi connectivity index (χ3n) is 3.05. The van der Waals surface area contributed by atoms with Gasteiger partial charge in [0, 0.05) is 24.7 Å². The summed E-state index contributed by atoms with van der Waals surface area (Å²) in [6, 6.07) is 7.73. The molecule has 9 heteroatoms. The van der Waals surface area contributed by atoms with Crippen molar-refractivity contribution in [1.82, 2.24) is 15.4 Å². The quantitative estimate of drug-likeness (QED) is 0.215. The van der Waals surface area contributed by atoms with Gasteiger partial charge >= 0.3 is 0 Å². The van der Waals surface area contributed by atoms with Gasteiger partial charge < -0.3 is 10.6 Å². The van der Waals surface area contributed by atoms with Crippen molar-refractivity contribution in [3.63, 3.8) is 0 Å². The number of hydrogen-bond donors (Lipinski definition) is 3. The van der Waals surface area contributed by atoms with Crippen molar-refractivity contribution < 1.29 is 8.42 Å². The third kappa shape index (κ3) is 10.3. The Balaban J connectivity index is 0.00000529. The Morgan fingerprint density at radius 2 is 1.79 bits per heavy atom. The van der Waals surface area contributed by atoms with Crippen LogP contribution in [0.3, 0.4) is 0 Å². The summed E-state index contributed by atoms with van der Waals surface area (Å²) in [5, 5.41) is 7.08. The molecule has 0 unspecified atom stereocenters. The number of nitrogens with zero attached hydrogens (tertiary/aromatic N) is 1. The van der Waals surface area contributed by atoms with Crippen LogP contribution in [0.2, 0.25) is 5.02 Å². The van der Waals surface area contributed by atoms with E-state index in [0.717, 1.165) is 24.5 Å². The zero-order chi connectivity index (χ0) is 17.1. The summed E-state index contributed by atoms with van der Waals surface area (Å²) in [4.78, 5) is 4.34. The lowest BCUT2D eigenvalue weighted by molar-refractivity contribution is 0.583. The lowest BCUT2D eigenvalue weighted by atomic mass is 10.1. The largest absolute Gasteiger partial charge is 0.357 e. The molecule has 0 atom stereocenters. The van der Waals surface area contributed by atoms with Crippen molar-refractivity contribution in [1.29, 1.82) is 0 Å². The van der Waals surface area contributed by atoms with Gasteiger partial charge in [-0.2, -0.15) is 0 Å². The summed E-state index contributed by atoms with van der Waals surface area (Å²) in [6.07, 6.45) is 0.851. The maximum absolute atomic E-state index is 11.3. The van der Waals surface area contributed by atoms with E-state index >= 15 is 0 Å². The molecule has 0 saturated heterocycles. The monoisotopic (exact) mass is 488 g/mol. The second kappa shape index (κ2) is 12.7. The van der Waals surface area contributed by atoms with E-state index in [1.807, 2.05) is 31.2 Å². The van der Waals surface area contributed by atoms with Gasteiger partial charge in [0.25, 0.3) is 0 Å². The molecule has 0 aliphatic carbocycles. The number of aliphatic imine (C=N–C) groups is 1. The fourth-order valence-electron chi connectivity index (χ4n) is 1.79. The van der Waals surface area contributed by atoms with Crippen molar-refractivity contribution in [2.45, 2.75) is 20.3 Å². The molecule has 0 aliphatic heterocycles. The number of nitrogens with one attached hydrogen (secondary N) is 3. The van der Waals surface area contributed by atoms with E-state index in [2.05, 4.69) is 20.3 Å². The highest BCUT2D eigenvalue weighted by Crippen LogP contribution is 2.09. The van der Waals surface area contributed by atoms with Crippen molar-refractivity contribution in [2.75, 3.05) is 31.9 Å². The standard InChI is InChI=1S/C15H25ClN4O2S.HI/c1-3-17-15(19-11-12-20-23(21,22)4-2)18-10-9-13-5-7-14(16)8-6-13;/h5-8,20H,3-4,9-12H2,1-2H3,(H2,17,18,19);1H. The minimum atomic E-state index is -3.16. The van der Waals surface area contributed by atoms with Crippen LogP contribution < -0.4 is 15.4 Å². The summed E-state index contributed by atoms with van der Waals surface area (Å²) in [7, 11) is -3.16. The van der Waals surface area contributed by atoms with E-state index < -0.39 is 10.0 Å². The smallest absolute Gasteiger partial charge is 0.211 e. The maximum Gasteiger partial charge on any atom is 0.211 e. The second-order valence-corrected chi connectivity index (χ2v) is 7.39. The van der Waals surface area contributed by atoms with Gasteiger partial charge in [0.15, 0.2) is 5.96 Å². The lowest BCUT2D eigenvalue weighted by Crippen LogP contribution is -2.39. The Kier molecular flexibility index (Phi) is 12.4. The number of benzene rings is 1. The van der Waals surface area contributed by atoms with Crippen LogP contribution in [0.25, 0.3) is 0 Å². The van der Waals surface area contributed by atoms with E-state index in [0.29, 0.717) is 19.0 Å². The maximum atomic E-state index is 11.3. The van der Waals surface area contributed by atoms with E-state index in [9.17, 15) is 8.42 Å². The molecule has 0 aromatic heterocycles. The predicted molar refractivity (Wildman–Crippen MR) is 112 cm³/mol. The molecule has 0 radical (unpaired) electrons. The molecule has 0 aliphatic rings. The van der Waals surface area contributed by atoms with Crippen LogP contribution >= 0.6 is 35.6 Å². The highest BCUT2D eigenvalue weighted by molar-refractivity contribution is 14.0. The Morgan fingerprint density at radius 1 is 1.12 bits per heavy atom. The number of sulfonamides is 1. The molecule has 1 aromatic rings. The number of rotatable bonds is 9. The van der Waals surface area contributed by atoms with Crippen LogP contribution in [0.5, 0.6) is 0 Å². The first-order valence-corrected chi connectivity index (χ1v) is 9.73. The van der Waals surface area contributed by atoms with Gasteiger partial charge in [-0.1, -0.05) is 23.7 Å². The van der Waals surface area contributed by atoms with Gasteiger partial charge in [-0.25, -0.2) is 13.1 Å². The van der Waals surface area contributed by atoms with Gasteiger partial charge in [-0.05, 0) is 38.0 Å². The van der Waals surface area contributed by atoms with Crippen molar-refractivity contribution in [3.05, 3.63) is 34.9 Å². The van der Waals surface area contributed by atoms with Crippen LogP contribution in [0, 0.1) is 0 Å². The molecule has 6 nitrogen and oxygen atoms in total. The first-order chi connectivity index (χ1) is 11.0. The van der Waals surface area contributed by atoms with Gasteiger partial charge in [-0.15, -0.1) is 24.0 Å². The van der Waals surface area contributed by atoms with Crippen molar-refractivity contribution in [3.8, 4) is 0 Å². The molecule has 138 valence electrons. The Bertz CT molecular complexity index is 594. The zero-order valence-corrected chi connectivity index (χ0v) is 17.9. The van der Waals surface area contributed by atoms with Gasteiger partial charge in [0.1, 0.15) is 0 Å². The summed E-state index contributed by atoms with van der Waals surface area (Å²) in [5.74, 6) is 0.757. The van der Waals surface area contributed by atoms with Crippen LogP contribution in [-0.4, -0.2) is 46.3 Å². The molecular weight excluding hydrogens is 463 g/mol. The SMILES string of the molecule is CCNC(=NCCNS(=O)(=O)CC)NCCc1ccc(Cl)cc1.I. The van der Waals surface area contributed by atoms with E-state index in [-0.39, 0.29) is 29.7 Å². The van der Waals surface area contributed by atoms with E-state index in [4.69, 9.17) is 11.6 Å². The minimum Gasteiger partial charge on any atom is -0.357 e.